The lowest BCUT2D eigenvalue weighted by Crippen LogP contribution is -2.77. The van der Waals surface area contributed by atoms with Crippen LogP contribution in [0.25, 0.3) is 16.6 Å². The number of benzene rings is 2. The van der Waals surface area contributed by atoms with Crippen LogP contribution in [-0.2, 0) is 14.8 Å². The maximum atomic E-state index is 12.9. The normalized spacial score (nSPS) is 22.7. The Morgan fingerprint density at radius 2 is 1.97 bits per heavy atom. The van der Waals surface area contributed by atoms with Gasteiger partial charge >= 0.3 is 0 Å². The van der Waals surface area contributed by atoms with Crippen molar-refractivity contribution in [1.29, 1.82) is 5.26 Å². The Morgan fingerprint density at radius 1 is 1.23 bits per heavy atom. The number of aromatic nitrogens is 1. The first-order chi connectivity index (χ1) is 16.6. The fourth-order valence-electron chi connectivity index (χ4n) is 5.33. The van der Waals surface area contributed by atoms with E-state index in [1.807, 2.05) is 35.0 Å². The van der Waals surface area contributed by atoms with Gasteiger partial charge in [0.25, 0.3) is 0 Å². The van der Waals surface area contributed by atoms with Crippen LogP contribution in [0, 0.1) is 16.7 Å². The minimum atomic E-state index is -3.30. The third-order valence-corrected chi connectivity index (χ3v) is 7.85. The topological polar surface area (TPSA) is 113 Å². The average Bonchev–Trinajstić information content (AvgIpc) is 3.16. The van der Waals surface area contributed by atoms with Gasteiger partial charge in [0.15, 0.2) is 5.75 Å². The van der Waals surface area contributed by atoms with Crippen LogP contribution in [0.15, 0.2) is 42.6 Å². The Bertz CT molecular complexity index is 1490. The van der Waals surface area contributed by atoms with Gasteiger partial charge in [-0.2, -0.15) is 5.26 Å². The summed E-state index contributed by atoms with van der Waals surface area (Å²) in [5, 5.41) is 13.8. The first-order valence-corrected chi connectivity index (χ1v) is 13.7. The lowest BCUT2D eigenvalue weighted by atomic mass is 9.39. The highest BCUT2D eigenvalue weighted by Gasteiger charge is 2.72. The second-order valence-corrected chi connectivity index (χ2v) is 11.9. The molecule has 3 saturated carbocycles. The number of sulfonamides is 1. The first-order valence-electron chi connectivity index (χ1n) is 10.9. The van der Waals surface area contributed by atoms with Gasteiger partial charge < -0.3 is 14.6 Å². The third kappa shape index (κ3) is 4.25. The van der Waals surface area contributed by atoms with Gasteiger partial charge in [0.1, 0.15) is 12.7 Å². The van der Waals surface area contributed by atoms with Crippen LogP contribution >= 0.6 is 23.2 Å². The van der Waals surface area contributed by atoms with E-state index in [1.54, 1.807) is 12.1 Å². The summed E-state index contributed by atoms with van der Waals surface area (Å²) in [6.07, 6.45) is 4.56. The molecule has 3 fully saturated rings. The number of carbonyl (C=O) groups excluding carboxylic acids is 1. The number of ether oxygens (including phenoxy) is 1. The number of nitrogens with one attached hydrogen (secondary N) is 2. The van der Waals surface area contributed by atoms with Crippen molar-refractivity contribution in [3.05, 3.63) is 53.2 Å². The molecule has 2 bridgehead atoms. The molecule has 0 radical (unpaired) electrons. The van der Waals surface area contributed by atoms with E-state index in [0.717, 1.165) is 17.2 Å². The Morgan fingerprint density at radius 3 is 2.63 bits per heavy atom. The molecule has 11 heteroatoms. The second-order valence-electron chi connectivity index (χ2n) is 9.33. The molecule has 182 valence electrons. The van der Waals surface area contributed by atoms with E-state index in [2.05, 4.69) is 16.1 Å². The van der Waals surface area contributed by atoms with Crippen LogP contribution in [-0.4, -0.2) is 43.2 Å². The van der Waals surface area contributed by atoms with Crippen molar-refractivity contribution in [2.24, 2.45) is 5.41 Å². The average molecular weight is 533 g/mol. The van der Waals surface area contributed by atoms with Crippen molar-refractivity contribution in [3.8, 4) is 17.5 Å². The van der Waals surface area contributed by atoms with E-state index in [-0.39, 0.29) is 18.4 Å². The maximum absolute atomic E-state index is 12.9. The fourth-order valence-corrected chi connectivity index (χ4v) is 6.68. The fraction of sp³-hybridized carbons (Fsp3) is 0.333. The number of fused-ring (bicyclic) bond motifs is 1. The Kier molecular flexibility index (Phi) is 5.76. The number of nitrogens with zero attached hydrogens (tertiary/aromatic N) is 2. The summed E-state index contributed by atoms with van der Waals surface area (Å²) in [7, 11) is -3.30. The molecular weight excluding hydrogens is 511 g/mol. The standard InChI is InChI=1S/C24H22Cl2N4O4S/c1-35(32,33)29-24-12-23(13-24,14-24)22(31)28-17-2-3-20-15(8-17)4-6-30(20)18-9-16(11-27)21(19(26)10-18)34-7-5-25/h2-4,6,8-10,29H,5,7,12-14H2,1H3,(H,28,31). The predicted molar refractivity (Wildman–Crippen MR) is 135 cm³/mol. The molecule has 6 rings (SSSR count). The van der Waals surface area contributed by atoms with E-state index in [0.29, 0.717) is 47.0 Å². The van der Waals surface area contributed by atoms with Crippen LogP contribution in [0.3, 0.4) is 0 Å². The zero-order valence-corrected chi connectivity index (χ0v) is 21.1. The van der Waals surface area contributed by atoms with Crippen molar-refractivity contribution in [1.82, 2.24) is 9.29 Å². The Labute approximate surface area is 212 Å². The zero-order valence-electron chi connectivity index (χ0n) is 18.8. The molecular formula is C24H22Cl2N4O4S. The van der Waals surface area contributed by atoms with E-state index in [9.17, 15) is 18.5 Å². The molecule has 0 saturated heterocycles. The minimum absolute atomic E-state index is 0.0913. The van der Waals surface area contributed by atoms with E-state index in [4.69, 9.17) is 27.9 Å². The van der Waals surface area contributed by atoms with Gasteiger partial charge in [-0.05, 0) is 55.7 Å². The summed E-state index contributed by atoms with van der Waals surface area (Å²) >= 11 is 12.1. The van der Waals surface area contributed by atoms with Gasteiger partial charge in [0, 0.05) is 28.5 Å². The van der Waals surface area contributed by atoms with Crippen molar-refractivity contribution in [3.63, 3.8) is 0 Å². The van der Waals surface area contributed by atoms with E-state index < -0.39 is 21.0 Å². The number of rotatable bonds is 8. The lowest BCUT2D eigenvalue weighted by Gasteiger charge is -2.68. The summed E-state index contributed by atoms with van der Waals surface area (Å²) in [6.45, 7) is 0.243. The highest BCUT2D eigenvalue weighted by molar-refractivity contribution is 7.88. The van der Waals surface area contributed by atoms with Crippen LogP contribution in [0.4, 0.5) is 5.69 Å². The number of alkyl halides is 1. The molecule has 0 aliphatic heterocycles. The molecule has 0 spiro atoms. The van der Waals surface area contributed by atoms with Gasteiger partial charge in [-0.1, -0.05) is 11.6 Å². The summed E-state index contributed by atoms with van der Waals surface area (Å²) < 4.78 is 33.1. The van der Waals surface area contributed by atoms with Crippen molar-refractivity contribution >= 4 is 55.7 Å². The monoisotopic (exact) mass is 532 g/mol. The van der Waals surface area contributed by atoms with Gasteiger partial charge in [0.2, 0.25) is 15.9 Å². The maximum Gasteiger partial charge on any atom is 0.230 e. The van der Waals surface area contributed by atoms with Crippen molar-refractivity contribution < 1.29 is 17.9 Å². The SMILES string of the molecule is CS(=O)(=O)NC12CC(C(=O)Nc3ccc4c(ccn4-c4cc(Cl)c(OCCCl)c(C#N)c4)c3)(C1)C2. The first kappa shape index (κ1) is 23.9. The zero-order chi connectivity index (χ0) is 25.0. The molecule has 1 heterocycles. The highest BCUT2D eigenvalue weighted by Crippen LogP contribution is 2.67. The molecule has 3 aromatic rings. The summed E-state index contributed by atoms with van der Waals surface area (Å²) in [4.78, 5) is 12.9. The Hall–Kier alpha value is -2.77. The summed E-state index contributed by atoms with van der Waals surface area (Å²) in [5.41, 5.74) is 1.59. The molecule has 8 nitrogen and oxygen atoms in total. The smallest absolute Gasteiger partial charge is 0.230 e. The van der Waals surface area contributed by atoms with Crippen molar-refractivity contribution in [2.75, 3.05) is 24.1 Å². The molecule has 2 N–H and O–H groups in total. The van der Waals surface area contributed by atoms with Gasteiger partial charge in [-0.15, -0.1) is 11.6 Å². The number of amides is 1. The number of hydrogen-bond acceptors (Lipinski definition) is 5. The molecule has 0 atom stereocenters. The van der Waals surface area contributed by atoms with Gasteiger partial charge in [-0.25, -0.2) is 13.1 Å². The second kappa shape index (κ2) is 8.42. The summed E-state index contributed by atoms with van der Waals surface area (Å²) in [5.74, 6) is 0.498. The number of nitriles is 1. The summed E-state index contributed by atoms with van der Waals surface area (Å²) in [6, 6.07) is 13.0. The molecule has 3 aliphatic rings. The molecule has 35 heavy (non-hydrogen) atoms. The largest absolute Gasteiger partial charge is 0.489 e. The van der Waals surface area contributed by atoms with Crippen LogP contribution in [0.5, 0.6) is 5.75 Å². The molecule has 2 aromatic carbocycles. The molecule has 1 aromatic heterocycles. The highest BCUT2D eigenvalue weighted by atomic mass is 35.5. The number of carbonyl (C=O) groups is 1. The number of anilines is 1. The molecule has 3 aliphatic carbocycles. The lowest BCUT2D eigenvalue weighted by molar-refractivity contribution is -0.170. The Balaban J connectivity index is 1.34. The van der Waals surface area contributed by atoms with Crippen LogP contribution in [0.2, 0.25) is 5.02 Å². The van der Waals surface area contributed by atoms with Gasteiger partial charge in [0.05, 0.1) is 33.7 Å². The molecule has 0 unspecified atom stereocenters. The number of hydrogen-bond donors (Lipinski definition) is 2. The van der Waals surface area contributed by atoms with Crippen LogP contribution < -0.4 is 14.8 Å². The van der Waals surface area contributed by atoms with Crippen LogP contribution in [0.1, 0.15) is 24.8 Å². The van der Waals surface area contributed by atoms with E-state index in [1.165, 1.54) is 0 Å². The minimum Gasteiger partial charge on any atom is -0.489 e. The van der Waals surface area contributed by atoms with E-state index >= 15 is 0 Å². The van der Waals surface area contributed by atoms with Gasteiger partial charge in [-0.3, -0.25) is 4.79 Å². The quantitative estimate of drug-likeness (QED) is 0.422. The molecule has 1 amide bonds. The predicted octanol–water partition coefficient (Wildman–Crippen LogP) is 4.18. The third-order valence-electron chi connectivity index (χ3n) is 6.61. The van der Waals surface area contributed by atoms with Crippen molar-refractivity contribution in [2.45, 2.75) is 24.8 Å². The number of halogens is 2.